The summed E-state index contributed by atoms with van der Waals surface area (Å²) in [6, 6.07) is 16.7. The molecule has 2 saturated heterocycles. The van der Waals surface area contributed by atoms with Gasteiger partial charge >= 0.3 is 12.1 Å². The van der Waals surface area contributed by atoms with Crippen molar-refractivity contribution in [3.05, 3.63) is 81.4 Å². The minimum Gasteiger partial charge on any atom is -0.480 e. The molecule has 11 nitrogen and oxygen atoms in total. The first-order valence-electron chi connectivity index (χ1n) is 13.6. The van der Waals surface area contributed by atoms with Gasteiger partial charge in [0.1, 0.15) is 12.1 Å². The molecule has 5 unspecified atom stereocenters. The summed E-state index contributed by atoms with van der Waals surface area (Å²) < 4.78 is 1.42. The number of nitrogens with zero attached hydrogens (tertiary/aromatic N) is 4. The molecule has 2 fully saturated rings. The van der Waals surface area contributed by atoms with Crippen LogP contribution in [0.5, 0.6) is 0 Å². The highest BCUT2D eigenvalue weighted by Gasteiger charge is 2.68. The van der Waals surface area contributed by atoms with Crippen molar-refractivity contribution < 1.29 is 29.0 Å². The molecular weight excluding hydrogens is 558 g/mol. The topological polar surface area (TPSA) is 145 Å². The third kappa shape index (κ3) is 5.27. The lowest BCUT2D eigenvalue weighted by Crippen LogP contribution is -2.56. The predicted octanol–water partition coefficient (Wildman–Crippen LogP) is 2.80. The number of amidine groups is 1. The lowest BCUT2D eigenvalue weighted by molar-refractivity contribution is -0.735. The van der Waals surface area contributed by atoms with Gasteiger partial charge in [-0.15, -0.1) is 0 Å². The number of hydrogen-bond acceptors (Lipinski definition) is 8. The lowest BCUT2D eigenvalue weighted by atomic mass is 9.78. The molecular formula is C30H32N5O6S+. The predicted molar refractivity (Wildman–Crippen MR) is 160 cm³/mol. The Labute approximate surface area is 247 Å². The van der Waals surface area contributed by atoms with Crippen LogP contribution in [0.2, 0.25) is 0 Å². The number of carbonyl (C=O) groups excluding carboxylic acids is 2. The number of nitrogens with one attached hydrogen (secondary N) is 1. The number of thioether (sulfide) groups is 1. The van der Waals surface area contributed by atoms with Gasteiger partial charge in [0, 0.05) is 13.0 Å². The number of imide groups is 1. The van der Waals surface area contributed by atoms with Gasteiger partial charge in [0.15, 0.2) is 0 Å². The number of benzene rings is 2. The molecule has 2 aromatic carbocycles. The summed E-state index contributed by atoms with van der Waals surface area (Å²) in [6.07, 6.45) is 6.01. The van der Waals surface area contributed by atoms with Crippen LogP contribution < -0.4 is 5.32 Å². The minimum atomic E-state index is -1.63. The Morgan fingerprint density at radius 3 is 2.43 bits per heavy atom. The fraction of sp³-hybridized carbons (Fsp3) is 0.367. The quantitative estimate of drug-likeness (QED) is 0.134. The molecule has 0 radical (unpaired) electrons. The van der Waals surface area contributed by atoms with E-state index >= 15 is 0 Å². The molecule has 0 bridgehead atoms. The second kappa shape index (κ2) is 12.0. The Morgan fingerprint density at radius 1 is 1.14 bits per heavy atom. The van der Waals surface area contributed by atoms with Gasteiger partial charge in [-0.05, 0) is 40.1 Å². The van der Waals surface area contributed by atoms with Crippen LogP contribution in [0.25, 0.3) is 12.2 Å². The van der Waals surface area contributed by atoms with E-state index in [9.17, 15) is 29.6 Å². The number of amides is 2. The van der Waals surface area contributed by atoms with E-state index in [1.165, 1.54) is 22.6 Å². The zero-order chi connectivity index (χ0) is 30.0. The van der Waals surface area contributed by atoms with Crippen molar-refractivity contribution in [3.8, 4) is 0 Å². The Morgan fingerprint density at radius 2 is 1.81 bits per heavy atom. The number of carboxylic acid groups (broad SMARTS) is 1. The summed E-state index contributed by atoms with van der Waals surface area (Å²) in [6.45, 7) is 1.53. The van der Waals surface area contributed by atoms with Crippen molar-refractivity contribution in [2.75, 3.05) is 25.1 Å². The van der Waals surface area contributed by atoms with E-state index in [1.807, 2.05) is 73.0 Å². The van der Waals surface area contributed by atoms with Crippen LogP contribution in [0.15, 0.2) is 59.6 Å². The molecule has 2 aromatic rings. The second-order valence-electron chi connectivity index (χ2n) is 10.6. The van der Waals surface area contributed by atoms with Crippen molar-refractivity contribution in [1.82, 2.24) is 10.2 Å². The zero-order valence-electron chi connectivity index (χ0n) is 23.3. The monoisotopic (exact) mass is 590 g/mol. The Bertz CT molecular complexity index is 1490. The molecule has 3 aliphatic heterocycles. The normalized spacial score (nSPS) is 27.0. The summed E-state index contributed by atoms with van der Waals surface area (Å²) in [5.74, 6) is -3.36. The largest absolute Gasteiger partial charge is 0.480 e. The van der Waals surface area contributed by atoms with Crippen LogP contribution in [-0.4, -0.2) is 86.1 Å². The number of likely N-dealkylation sites (tertiary alicyclic amines) is 1. The van der Waals surface area contributed by atoms with Gasteiger partial charge in [0.05, 0.1) is 23.3 Å². The maximum Gasteiger partial charge on any atom is 0.405 e. The summed E-state index contributed by atoms with van der Waals surface area (Å²) in [5.41, 5.74) is 1.06. The molecule has 42 heavy (non-hydrogen) atoms. The summed E-state index contributed by atoms with van der Waals surface area (Å²) in [4.78, 5) is 56.6. The minimum absolute atomic E-state index is 0.0137. The van der Waals surface area contributed by atoms with Crippen molar-refractivity contribution in [1.29, 1.82) is 0 Å². The van der Waals surface area contributed by atoms with Gasteiger partial charge in [-0.1, -0.05) is 66.7 Å². The molecule has 2 amide bonds. The number of aliphatic carboxylic acids is 1. The zero-order valence-corrected chi connectivity index (χ0v) is 24.1. The maximum atomic E-state index is 13.9. The lowest BCUT2D eigenvalue weighted by Gasteiger charge is -2.31. The van der Waals surface area contributed by atoms with E-state index in [-0.39, 0.29) is 19.5 Å². The number of hydrogen-bond donors (Lipinski definition) is 2. The molecule has 0 aromatic heterocycles. The fourth-order valence-corrected chi connectivity index (χ4v) is 6.65. The van der Waals surface area contributed by atoms with Crippen molar-refractivity contribution in [3.63, 3.8) is 0 Å². The molecule has 3 heterocycles. The molecule has 0 saturated carbocycles. The third-order valence-corrected chi connectivity index (χ3v) is 8.91. The van der Waals surface area contributed by atoms with Crippen molar-refractivity contribution in [2.24, 2.45) is 16.8 Å². The Kier molecular flexibility index (Phi) is 8.37. The standard InChI is InChI=1S/C30H31N5O6S/c1-19-31-18-23(35(40)41)33(19)15-16-34-27(36)24-25(28(34)37)30(29(38)39,14-17-42-2)32-26(24)22-12-10-21(11-13-22)9-8-20-6-4-3-5-7-20/h3-13,18,23-26,32H,14-17H2,1-2H3/p+1/b9-8+. The molecule has 5 atom stereocenters. The first-order chi connectivity index (χ1) is 20.2. The Balaban J connectivity index is 1.43. The molecule has 0 spiro atoms. The van der Waals surface area contributed by atoms with E-state index in [0.717, 1.165) is 16.0 Å². The van der Waals surface area contributed by atoms with Gasteiger partial charge in [-0.3, -0.25) is 34.7 Å². The fourth-order valence-electron chi connectivity index (χ4n) is 6.13. The number of carboxylic acids is 1. The molecule has 0 aliphatic carbocycles. The molecule has 2 N–H and O–H groups in total. The maximum absolute atomic E-state index is 13.9. The van der Waals surface area contributed by atoms with Crippen LogP contribution in [0.4, 0.5) is 0 Å². The van der Waals surface area contributed by atoms with Crippen LogP contribution in [0, 0.1) is 22.0 Å². The average molecular weight is 591 g/mol. The number of rotatable bonds is 11. The molecule has 3 aliphatic rings. The highest BCUT2D eigenvalue weighted by atomic mass is 32.2. The van der Waals surface area contributed by atoms with E-state index in [1.54, 1.807) is 6.92 Å². The average Bonchev–Trinajstić information content (AvgIpc) is 3.61. The first kappa shape index (κ1) is 29.3. The molecule has 12 heteroatoms. The number of aliphatic imine (C=N–C) groups is 1. The second-order valence-corrected chi connectivity index (χ2v) is 11.6. The summed E-state index contributed by atoms with van der Waals surface area (Å²) >= 11 is 1.47. The summed E-state index contributed by atoms with van der Waals surface area (Å²) in [5, 5.41) is 25.2. The number of nitro groups is 1. The van der Waals surface area contributed by atoms with Gasteiger partial charge in [0.2, 0.25) is 18.0 Å². The highest BCUT2D eigenvalue weighted by molar-refractivity contribution is 7.98. The van der Waals surface area contributed by atoms with Gasteiger partial charge in [0.25, 0.3) is 5.84 Å². The first-order valence-corrected chi connectivity index (χ1v) is 15.0. The smallest absolute Gasteiger partial charge is 0.405 e. The van der Waals surface area contributed by atoms with Gasteiger partial charge in [-0.2, -0.15) is 16.3 Å². The van der Waals surface area contributed by atoms with Crippen LogP contribution in [0.1, 0.15) is 36.1 Å². The Hall–Kier alpha value is -4.16. The van der Waals surface area contributed by atoms with E-state index in [4.69, 9.17) is 0 Å². The number of fused-ring (bicyclic) bond motifs is 1. The van der Waals surface area contributed by atoms with Gasteiger partial charge in [-0.25, -0.2) is 0 Å². The van der Waals surface area contributed by atoms with Crippen LogP contribution in [-0.2, 0) is 14.4 Å². The van der Waals surface area contributed by atoms with Crippen LogP contribution in [0.3, 0.4) is 0 Å². The third-order valence-electron chi connectivity index (χ3n) is 8.30. The highest BCUT2D eigenvalue weighted by Crippen LogP contribution is 2.50. The molecule has 218 valence electrons. The van der Waals surface area contributed by atoms with Crippen LogP contribution >= 0.6 is 11.8 Å². The van der Waals surface area contributed by atoms with E-state index in [0.29, 0.717) is 17.2 Å². The van der Waals surface area contributed by atoms with Gasteiger partial charge < -0.3 is 5.11 Å². The SMILES string of the molecule is CSCCC1(C(=O)O)NC(c2ccc(/C=C/c3ccccc3)cc2)C2C(=O)N(CC[N+]3=C(C)N=CC3[N+](=O)[O-])C(=O)C21. The van der Waals surface area contributed by atoms with E-state index in [2.05, 4.69) is 10.3 Å². The summed E-state index contributed by atoms with van der Waals surface area (Å²) in [7, 11) is 0. The number of carbonyl (C=O) groups is 3. The molecule has 5 rings (SSSR count). The van der Waals surface area contributed by atoms with E-state index < -0.39 is 52.3 Å². The van der Waals surface area contributed by atoms with Crippen molar-refractivity contribution >= 4 is 53.7 Å². The van der Waals surface area contributed by atoms with Crippen molar-refractivity contribution in [2.45, 2.75) is 31.1 Å².